The number of hydrogen-bond acceptors (Lipinski definition) is 2. The van der Waals surface area contributed by atoms with Crippen molar-refractivity contribution in [1.29, 1.82) is 0 Å². The quantitative estimate of drug-likeness (QED) is 0.399. The van der Waals surface area contributed by atoms with Gasteiger partial charge in [-0.1, -0.05) is 0 Å². The fourth-order valence-electron chi connectivity index (χ4n) is 0.654. The van der Waals surface area contributed by atoms with Crippen molar-refractivity contribution in [1.82, 2.24) is 5.32 Å². The van der Waals surface area contributed by atoms with E-state index in [1.165, 1.54) is 0 Å². The first kappa shape index (κ1) is 15.4. The van der Waals surface area contributed by atoms with Crippen molar-refractivity contribution in [3.63, 3.8) is 0 Å². The summed E-state index contributed by atoms with van der Waals surface area (Å²) in [7, 11) is 0. The minimum absolute atomic E-state index is 0. The summed E-state index contributed by atoms with van der Waals surface area (Å²) in [5.74, 6) is 0.378. The van der Waals surface area contributed by atoms with Crippen LogP contribution in [0.15, 0.2) is 4.99 Å². The first-order valence-electron chi connectivity index (χ1n) is 4.07. The second-order valence-electron chi connectivity index (χ2n) is 3.95. The number of nitrogens with zero attached hydrogens (tertiary/aromatic N) is 1. The van der Waals surface area contributed by atoms with E-state index in [0.29, 0.717) is 12.5 Å². The SMILES string of the molecule is C[C@@H](O)CN=C(N)NC(C)(C)C.I. The van der Waals surface area contributed by atoms with E-state index in [1.54, 1.807) is 6.92 Å². The normalized spacial score (nSPS) is 14.7. The molecule has 13 heavy (non-hydrogen) atoms. The van der Waals surface area contributed by atoms with Crippen LogP contribution in [0, 0.1) is 0 Å². The van der Waals surface area contributed by atoms with Crippen LogP contribution in [-0.4, -0.2) is 29.3 Å². The second kappa shape index (κ2) is 6.42. The van der Waals surface area contributed by atoms with Crippen LogP contribution in [0.1, 0.15) is 27.7 Å². The third-order valence-electron chi connectivity index (χ3n) is 1.03. The monoisotopic (exact) mass is 301 g/mol. The van der Waals surface area contributed by atoms with Crippen LogP contribution in [0.4, 0.5) is 0 Å². The molecule has 0 aliphatic rings. The summed E-state index contributed by atoms with van der Waals surface area (Å²) in [5.41, 5.74) is 5.46. The predicted octanol–water partition coefficient (Wildman–Crippen LogP) is 0.688. The lowest BCUT2D eigenvalue weighted by Gasteiger charge is -2.21. The Balaban J connectivity index is 0. The standard InChI is InChI=1S/C8H19N3O.HI/c1-6(12)5-10-7(9)11-8(2,3)4;/h6,12H,5H2,1-4H3,(H3,9,10,11);1H/t6-;/m1./s1. The van der Waals surface area contributed by atoms with Crippen LogP contribution in [0.3, 0.4) is 0 Å². The lowest BCUT2D eigenvalue weighted by atomic mass is 10.1. The minimum atomic E-state index is -0.440. The zero-order valence-corrected chi connectivity index (χ0v) is 11.0. The van der Waals surface area contributed by atoms with Crippen LogP contribution in [0.2, 0.25) is 0 Å². The Hall–Kier alpha value is -0.0400. The van der Waals surface area contributed by atoms with Gasteiger partial charge in [-0.2, -0.15) is 0 Å². The van der Waals surface area contributed by atoms with Crippen LogP contribution < -0.4 is 11.1 Å². The Morgan fingerprint density at radius 1 is 1.54 bits per heavy atom. The molecule has 0 aromatic carbocycles. The number of halogens is 1. The number of rotatable bonds is 2. The smallest absolute Gasteiger partial charge is 0.189 e. The van der Waals surface area contributed by atoms with Crippen molar-refractivity contribution < 1.29 is 5.11 Å². The Bertz CT molecular complexity index is 163. The Labute approximate surface area is 97.0 Å². The van der Waals surface area contributed by atoms with Crippen LogP contribution in [0.5, 0.6) is 0 Å². The molecule has 4 N–H and O–H groups in total. The Morgan fingerprint density at radius 3 is 2.31 bits per heavy atom. The van der Waals surface area contributed by atoms with Crippen LogP contribution in [0.25, 0.3) is 0 Å². The molecule has 0 saturated heterocycles. The Morgan fingerprint density at radius 2 is 2.00 bits per heavy atom. The number of guanidine groups is 1. The van der Waals surface area contributed by atoms with Crippen LogP contribution >= 0.6 is 24.0 Å². The molecule has 0 spiro atoms. The molecule has 0 rings (SSSR count). The summed E-state index contributed by atoms with van der Waals surface area (Å²) < 4.78 is 0. The largest absolute Gasteiger partial charge is 0.391 e. The summed E-state index contributed by atoms with van der Waals surface area (Å²) in [6.07, 6.45) is -0.440. The lowest BCUT2D eigenvalue weighted by Crippen LogP contribution is -2.45. The molecule has 0 aliphatic heterocycles. The predicted molar refractivity (Wildman–Crippen MR) is 66.5 cm³/mol. The van der Waals surface area contributed by atoms with Crippen LogP contribution in [-0.2, 0) is 0 Å². The molecule has 0 radical (unpaired) electrons. The number of aliphatic hydroxyl groups excluding tert-OH is 1. The summed E-state index contributed by atoms with van der Waals surface area (Å²) in [6, 6.07) is 0. The average Bonchev–Trinajstić information content (AvgIpc) is 1.79. The van der Waals surface area contributed by atoms with E-state index in [4.69, 9.17) is 10.8 Å². The Kier molecular flexibility index (Phi) is 7.62. The number of aliphatic hydroxyl groups is 1. The number of aliphatic imine (C=N–C) groups is 1. The summed E-state index contributed by atoms with van der Waals surface area (Å²) >= 11 is 0. The first-order valence-corrected chi connectivity index (χ1v) is 4.07. The van der Waals surface area contributed by atoms with Crippen molar-refractivity contribution in [3.05, 3.63) is 0 Å². The molecular formula is C8H20IN3O. The molecular weight excluding hydrogens is 281 g/mol. The van der Waals surface area contributed by atoms with Gasteiger partial charge >= 0.3 is 0 Å². The van der Waals surface area contributed by atoms with Crippen molar-refractivity contribution in [3.8, 4) is 0 Å². The van der Waals surface area contributed by atoms with Gasteiger partial charge in [0.25, 0.3) is 0 Å². The number of hydrogen-bond donors (Lipinski definition) is 3. The number of nitrogens with one attached hydrogen (secondary N) is 1. The van der Waals surface area contributed by atoms with Gasteiger partial charge < -0.3 is 16.2 Å². The topological polar surface area (TPSA) is 70.6 Å². The summed E-state index contributed by atoms with van der Waals surface area (Å²) in [6.45, 7) is 8.01. The van der Waals surface area contributed by atoms with E-state index in [1.807, 2.05) is 20.8 Å². The molecule has 0 aliphatic carbocycles. The van der Waals surface area contributed by atoms with Gasteiger partial charge in [0, 0.05) is 5.54 Å². The molecule has 0 bridgehead atoms. The van der Waals surface area contributed by atoms with Gasteiger partial charge in [0.1, 0.15) is 0 Å². The van der Waals surface area contributed by atoms with Crippen molar-refractivity contribution in [2.45, 2.75) is 39.3 Å². The van der Waals surface area contributed by atoms with Gasteiger partial charge in [0.05, 0.1) is 12.6 Å². The maximum absolute atomic E-state index is 8.91. The van der Waals surface area contributed by atoms with E-state index < -0.39 is 6.10 Å². The molecule has 0 fully saturated rings. The van der Waals surface area contributed by atoms with E-state index in [2.05, 4.69) is 10.3 Å². The summed E-state index contributed by atoms with van der Waals surface area (Å²) in [5, 5.41) is 11.9. The average molecular weight is 301 g/mol. The van der Waals surface area contributed by atoms with E-state index in [-0.39, 0.29) is 29.5 Å². The fourth-order valence-corrected chi connectivity index (χ4v) is 0.654. The van der Waals surface area contributed by atoms with Crippen molar-refractivity contribution >= 4 is 29.9 Å². The molecule has 0 aromatic heterocycles. The highest BCUT2D eigenvalue weighted by atomic mass is 127. The molecule has 0 aromatic rings. The second-order valence-corrected chi connectivity index (χ2v) is 3.95. The van der Waals surface area contributed by atoms with Gasteiger partial charge in [-0.3, -0.25) is 4.99 Å². The highest BCUT2D eigenvalue weighted by molar-refractivity contribution is 14.0. The number of nitrogens with two attached hydrogens (primary N) is 1. The first-order chi connectivity index (χ1) is 5.31. The molecule has 0 amide bonds. The third-order valence-corrected chi connectivity index (χ3v) is 1.03. The minimum Gasteiger partial charge on any atom is -0.391 e. The van der Waals surface area contributed by atoms with Gasteiger partial charge in [-0.05, 0) is 27.7 Å². The molecule has 1 atom stereocenters. The maximum Gasteiger partial charge on any atom is 0.189 e. The van der Waals surface area contributed by atoms with Gasteiger partial charge in [0.2, 0.25) is 0 Å². The van der Waals surface area contributed by atoms with E-state index in [9.17, 15) is 0 Å². The third kappa shape index (κ3) is 12.0. The zero-order chi connectivity index (χ0) is 9.78. The van der Waals surface area contributed by atoms with Gasteiger partial charge in [0.15, 0.2) is 5.96 Å². The van der Waals surface area contributed by atoms with Gasteiger partial charge in [-0.25, -0.2) is 0 Å². The molecule has 0 unspecified atom stereocenters. The van der Waals surface area contributed by atoms with E-state index >= 15 is 0 Å². The fraction of sp³-hybridized carbons (Fsp3) is 0.875. The maximum atomic E-state index is 8.91. The molecule has 5 heteroatoms. The van der Waals surface area contributed by atoms with Crippen molar-refractivity contribution in [2.75, 3.05) is 6.54 Å². The molecule has 0 saturated carbocycles. The van der Waals surface area contributed by atoms with E-state index in [0.717, 1.165) is 0 Å². The van der Waals surface area contributed by atoms with Crippen molar-refractivity contribution in [2.24, 2.45) is 10.7 Å². The highest BCUT2D eigenvalue weighted by Gasteiger charge is 2.09. The highest BCUT2D eigenvalue weighted by Crippen LogP contribution is 1.96. The molecule has 0 heterocycles. The molecule has 80 valence electrons. The van der Waals surface area contributed by atoms with Gasteiger partial charge in [-0.15, -0.1) is 24.0 Å². The summed E-state index contributed by atoms with van der Waals surface area (Å²) in [4.78, 5) is 3.94. The molecule has 4 nitrogen and oxygen atoms in total. The zero-order valence-electron chi connectivity index (χ0n) is 8.66. The lowest BCUT2D eigenvalue weighted by molar-refractivity contribution is 0.203.